The van der Waals surface area contributed by atoms with Crippen molar-refractivity contribution in [3.8, 4) is 0 Å². The molecule has 0 aliphatic rings. The highest BCUT2D eigenvalue weighted by Gasteiger charge is 2.01. The SMILES string of the molecule is [CH2]n1ccnc1C(C)C. The van der Waals surface area contributed by atoms with Crippen LogP contribution in [0.4, 0.5) is 0 Å². The first-order valence-corrected chi connectivity index (χ1v) is 3.06. The van der Waals surface area contributed by atoms with Crippen LogP contribution >= 0.6 is 0 Å². The molecule has 0 bridgehead atoms. The van der Waals surface area contributed by atoms with Crippen molar-refractivity contribution in [1.29, 1.82) is 0 Å². The van der Waals surface area contributed by atoms with Gasteiger partial charge in [0.1, 0.15) is 5.82 Å². The Bertz CT molecular complexity index is 189. The summed E-state index contributed by atoms with van der Waals surface area (Å²) < 4.78 is 1.80. The third-order valence-corrected chi connectivity index (χ3v) is 1.26. The quantitative estimate of drug-likeness (QED) is 0.555. The Balaban J connectivity index is 2.94. The van der Waals surface area contributed by atoms with E-state index in [1.807, 2.05) is 6.20 Å². The first-order chi connectivity index (χ1) is 4.22. The van der Waals surface area contributed by atoms with Gasteiger partial charge in [-0.05, 0) is 0 Å². The summed E-state index contributed by atoms with van der Waals surface area (Å²) >= 11 is 0. The molecule has 0 saturated heterocycles. The zero-order valence-corrected chi connectivity index (χ0v) is 5.83. The number of rotatable bonds is 1. The molecule has 0 fully saturated rings. The van der Waals surface area contributed by atoms with Gasteiger partial charge in [0.15, 0.2) is 0 Å². The van der Waals surface area contributed by atoms with Crippen LogP contribution in [0.15, 0.2) is 12.4 Å². The van der Waals surface area contributed by atoms with E-state index in [9.17, 15) is 0 Å². The molecule has 0 aliphatic carbocycles. The largest absolute Gasteiger partial charge is 0.333 e. The minimum Gasteiger partial charge on any atom is -0.333 e. The second kappa shape index (κ2) is 2.21. The number of aromatic nitrogens is 2. The van der Waals surface area contributed by atoms with Gasteiger partial charge in [0, 0.05) is 25.4 Å². The summed E-state index contributed by atoms with van der Waals surface area (Å²) in [7, 11) is 3.76. The van der Waals surface area contributed by atoms with E-state index >= 15 is 0 Å². The first-order valence-electron chi connectivity index (χ1n) is 3.06. The van der Waals surface area contributed by atoms with Crippen LogP contribution in [0.25, 0.3) is 0 Å². The number of imidazole rings is 1. The molecule has 1 aromatic heterocycles. The van der Waals surface area contributed by atoms with Crippen LogP contribution in [0.1, 0.15) is 25.6 Å². The molecule has 1 radical (unpaired) electrons. The minimum atomic E-state index is 0.470. The van der Waals surface area contributed by atoms with Gasteiger partial charge in [0.25, 0.3) is 0 Å². The Hall–Kier alpha value is -0.790. The van der Waals surface area contributed by atoms with Crippen LogP contribution in [0, 0.1) is 7.05 Å². The van der Waals surface area contributed by atoms with E-state index in [4.69, 9.17) is 0 Å². The van der Waals surface area contributed by atoms with Crippen LogP contribution in [-0.4, -0.2) is 9.55 Å². The van der Waals surface area contributed by atoms with E-state index in [-0.39, 0.29) is 0 Å². The van der Waals surface area contributed by atoms with Crippen molar-refractivity contribution in [3.05, 3.63) is 25.3 Å². The molecule has 0 aromatic carbocycles. The van der Waals surface area contributed by atoms with Gasteiger partial charge in [0.05, 0.1) is 0 Å². The molecular weight excluding hydrogens is 112 g/mol. The maximum absolute atomic E-state index is 4.12. The van der Waals surface area contributed by atoms with Crippen molar-refractivity contribution >= 4 is 0 Å². The summed E-state index contributed by atoms with van der Waals surface area (Å²) in [6, 6.07) is 0. The van der Waals surface area contributed by atoms with Gasteiger partial charge in [-0.15, -0.1) is 0 Å². The van der Waals surface area contributed by atoms with E-state index in [2.05, 4.69) is 25.9 Å². The Labute approximate surface area is 55.5 Å². The number of hydrogen-bond acceptors (Lipinski definition) is 1. The fourth-order valence-electron chi connectivity index (χ4n) is 0.821. The average Bonchev–Trinajstić information content (AvgIpc) is 2.13. The molecule has 0 atom stereocenters. The smallest absolute Gasteiger partial charge is 0.111 e. The summed E-state index contributed by atoms with van der Waals surface area (Å²) in [5.74, 6) is 1.51. The van der Waals surface area contributed by atoms with E-state index in [1.165, 1.54) is 0 Å². The van der Waals surface area contributed by atoms with Crippen molar-refractivity contribution in [2.45, 2.75) is 19.8 Å². The van der Waals surface area contributed by atoms with E-state index in [0.29, 0.717) is 5.92 Å². The van der Waals surface area contributed by atoms with Gasteiger partial charge in [-0.2, -0.15) is 0 Å². The predicted octanol–water partition coefficient (Wildman–Crippen LogP) is 1.65. The molecule has 0 unspecified atom stereocenters. The zero-order chi connectivity index (χ0) is 6.85. The van der Waals surface area contributed by atoms with E-state index < -0.39 is 0 Å². The molecule has 0 N–H and O–H groups in total. The summed E-state index contributed by atoms with van der Waals surface area (Å²) in [4.78, 5) is 4.12. The Morgan fingerprint density at radius 3 is 2.56 bits per heavy atom. The van der Waals surface area contributed by atoms with Crippen molar-refractivity contribution in [3.63, 3.8) is 0 Å². The minimum absolute atomic E-state index is 0.470. The summed E-state index contributed by atoms with van der Waals surface area (Å²) in [6.45, 7) is 4.20. The monoisotopic (exact) mass is 123 g/mol. The molecular formula is C7H11N2. The van der Waals surface area contributed by atoms with Crippen molar-refractivity contribution < 1.29 is 0 Å². The van der Waals surface area contributed by atoms with Crippen LogP contribution in [0.3, 0.4) is 0 Å². The van der Waals surface area contributed by atoms with Gasteiger partial charge in [-0.3, -0.25) is 0 Å². The Morgan fingerprint density at radius 2 is 2.33 bits per heavy atom. The molecule has 1 heterocycles. The lowest BCUT2D eigenvalue weighted by molar-refractivity contribution is 0.750. The summed E-state index contributed by atoms with van der Waals surface area (Å²) in [6.07, 6.45) is 3.62. The molecule has 9 heavy (non-hydrogen) atoms. The second-order valence-electron chi connectivity index (χ2n) is 2.41. The van der Waals surface area contributed by atoms with Gasteiger partial charge < -0.3 is 4.57 Å². The molecule has 2 nitrogen and oxygen atoms in total. The number of hydrogen-bond donors (Lipinski definition) is 0. The highest BCUT2D eigenvalue weighted by atomic mass is 15.0. The average molecular weight is 123 g/mol. The van der Waals surface area contributed by atoms with Gasteiger partial charge in [0.2, 0.25) is 0 Å². The number of nitrogens with zero attached hydrogens (tertiary/aromatic N) is 2. The van der Waals surface area contributed by atoms with E-state index in [0.717, 1.165) is 5.82 Å². The lowest BCUT2D eigenvalue weighted by Crippen LogP contribution is -1.96. The van der Waals surface area contributed by atoms with Gasteiger partial charge in [-0.25, -0.2) is 4.98 Å². The first kappa shape index (κ1) is 6.33. The summed E-state index contributed by atoms with van der Waals surface area (Å²) in [5.41, 5.74) is 0. The molecule has 0 amide bonds. The second-order valence-corrected chi connectivity index (χ2v) is 2.41. The highest BCUT2D eigenvalue weighted by molar-refractivity contribution is 4.97. The Morgan fingerprint density at radius 1 is 1.67 bits per heavy atom. The van der Waals surface area contributed by atoms with Gasteiger partial charge >= 0.3 is 0 Å². The lowest BCUT2D eigenvalue weighted by Gasteiger charge is -2.02. The highest BCUT2D eigenvalue weighted by Crippen LogP contribution is 2.09. The Kier molecular flexibility index (Phi) is 1.56. The van der Waals surface area contributed by atoms with Crippen LogP contribution < -0.4 is 0 Å². The molecule has 1 aromatic rings. The maximum atomic E-state index is 4.12. The van der Waals surface area contributed by atoms with Gasteiger partial charge in [-0.1, -0.05) is 13.8 Å². The molecule has 49 valence electrons. The van der Waals surface area contributed by atoms with Crippen molar-refractivity contribution in [2.75, 3.05) is 0 Å². The topological polar surface area (TPSA) is 17.8 Å². The van der Waals surface area contributed by atoms with Crippen molar-refractivity contribution in [1.82, 2.24) is 9.55 Å². The van der Waals surface area contributed by atoms with Crippen LogP contribution in [0.2, 0.25) is 0 Å². The van der Waals surface area contributed by atoms with Crippen LogP contribution in [0.5, 0.6) is 0 Å². The summed E-state index contributed by atoms with van der Waals surface area (Å²) in [5, 5.41) is 0. The molecule has 0 saturated carbocycles. The third-order valence-electron chi connectivity index (χ3n) is 1.26. The van der Waals surface area contributed by atoms with E-state index in [1.54, 1.807) is 10.8 Å². The normalized spacial score (nSPS) is 10.7. The molecule has 2 heteroatoms. The fraction of sp³-hybridized carbons (Fsp3) is 0.429. The fourth-order valence-corrected chi connectivity index (χ4v) is 0.821. The lowest BCUT2D eigenvalue weighted by atomic mass is 10.2. The predicted molar refractivity (Wildman–Crippen MR) is 37.1 cm³/mol. The maximum Gasteiger partial charge on any atom is 0.111 e. The van der Waals surface area contributed by atoms with Crippen molar-refractivity contribution in [2.24, 2.45) is 0 Å². The zero-order valence-electron chi connectivity index (χ0n) is 5.83. The van der Waals surface area contributed by atoms with Crippen LogP contribution in [-0.2, 0) is 0 Å². The molecule has 0 aliphatic heterocycles. The molecule has 0 spiro atoms. The standard InChI is InChI=1S/C7H11N2/c1-6(2)7-8-4-5-9(7)3/h4-6H,3H2,1-2H3. The third kappa shape index (κ3) is 1.12. The molecule has 1 rings (SSSR count).